The van der Waals surface area contributed by atoms with Gasteiger partial charge in [0.05, 0.1) is 5.69 Å². The molecule has 0 spiro atoms. The van der Waals surface area contributed by atoms with E-state index in [-0.39, 0.29) is 10.8 Å². The molecule has 1 atom stereocenters. The van der Waals surface area contributed by atoms with Gasteiger partial charge in [-0.25, -0.2) is 0 Å². The highest BCUT2D eigenvalue weighted by Crippen LogP contribution is 2.53. The van der Waals surface area contributed by atoms with E-state index < -0.39 is 0 Å². The van der Waals surface area contributed by atoms with Crippen LogP contribution in [0.15, 0.2) is 224 Å². The first-order valence-corrected chi connectivity index (χ1v) is 23.5. The molecule has 0 saturated carbocycles. The van der Waals surface area contributed by atoms with Crippen molar-refractivity contribution in [2.75, 3.05) is 4.90 Å². The summed E-state index contributed by atoms with van der Waals surface area (Å²) in [6.07, 6.45) is 1.04. The fraction of sp³-hybridized carbons (Fsp3) is 0.108. The van der Waals surface area contributed by atoms with E-state index in [2.05, 4.69) is 257 Å². The lowest BCUT2D eigenvalue weighted by Gasteiger charge is -2.29. The zero-order valence-corrected chi connectivity index (χ0v) is 38.0. The summed E-state index contributed by atoms with van der Waals surface area (Å²) in [5.41, 5.74) is 23.9. The molecular formula is C65H51N. The standard InChI is InChI=1S/C65H51N/c1-5-65(4)60-29-17-15-27-54(60)56-36-32-47(40-62(56)65)51-38-34-49(42-58(51)45-21-10-7-11-22-45)66(63-30-18-24-43-23-12-13-25-52(43)63)48-33-37-50(57(41-48)44-19-8-6-9-20-44)46-31-35-55-53-26-14-16-28-59(53)64(2,3)61(55)39-46/h6-42H,5H2,1-4H3. The maximum Gasteiger partial charge on any atom is 0.0540 e. The zero-order valence-electron chi connectivity index (χ0n) is 38.0. The molecule has 66 heavy (non-hydrogen) atoms. The lowest BCUT2D eigenvalue weighted by atomic mass is 9.77. The largest absolute Gasteiger partial charge is 0.310 e. The highest BCUT2D eigenvalue weighted by atomic mass is 15.1. The monoisotopic (exact) mass is 845 g/mol. The van der Waals surface area contributed by atoms with Crippen molar-refractivity contribution in [1.29, 1.82) is 0 Å². The Morgan fingerprint density at radius 1 is 0.333 bits per heavy atom. The van der Waals surface area contributed by atoms with Crippen LogP contribution in [0.2, 0.25) is 0 Å². The third-order valence-electron chi connectivity index (χ3n) is 15.0. The predicted octanol–water partition coefficient (Wildman–Crippen LogP) is 18.0. The number of rotatable bonds is 8. The molecule has 2 aliphatic rings. The summed E-state index contributed by atoms with van der Waals surface area (Å²) in [7, 11) is 0. The Labute approximate surface area is 389 Å². The van der Waals surface area contributed by atoms with E-state index >= 15 is 0 Å². The number of hydrogen-bond acceptors (Lipinski definition) is 1. The molecular weight excluding hydrogens is 795 g/mol. The molecule has 0 radical (unpaired) electrons. The maximum absolute atomic E-state index is 2.48. The van der Waals surface area contributed by atoms with Crippen molar-refractivity contribution in [3.05, 3.63) is 247 Å². The number of nitrogens with zero attached hydrogens (tertiary/aromatic N) is 1. The van der Waals surface area contributed by atoms with Crippen molar-refractivity contribution >= 4 is 27.8 Å². The van der Waals surface area contributed by atoms with Crippen molar-refractivity contribution < 1.29 is 0 Å². The molecule has 1 heteroatoms. The third kappa shape index (κ3) is 6.22. The Kier molecular flexibility index (Phi) is 9.33. The molecule has 1 nitrogen and oxygen atoms in total. The summed E-state index contributed by atoms with van der Waals surface area (Å²) in [5, 5.41) is 2.41. The molecule has 0 aliphatic heterocycles. The zero-order chi connectivity index (χ0) is 44.6. The van der Waals surface area contributed by atoms with Gasteiger partial charge in [-0.1, -0.05) is 210 Å². The first kappa shape index (κ1) is 39.8. The van der Waals surface area contributed by atoms with E-state index in [9.17, 15) is 0 Å². The van der Waals surface area contributed by atoms with E-state index in [1.165, 1.54) is 99.8 Å². The molecule has 0 bridgehead atoms. The molecule has 0 amide bonds. The van der Waals surface area contributed by atoms with Crippen LogP contribution in [0.4, 0.5) is 17.1 Å². The topological polar surface area (TPSA) is 3.24 Å². The van der Waals surface area contributed by atoms with Crippen LogP contribution >= 0.6 is 0 Å². The second kappa shape index (κ2) is 15.5. The Bertz CT molecular complexity index is 3500. The predicted molar refractivity (Wildman–Crippen MR) is 280 cm³/mol. The van der Waals surface area contributed by atoms with Crippen LogP contribution in [0.5, 0.6) is 0 Å². The summed E-state index contributed by atoms with van der Waals surface area (Å²) in [4.78, 5) is 2.48. The number of anilines is 3. The van der Waals surface area contributed by atoms with Gasteiger partial charge in [0.2, 0.25) is 0 Å². The highest BCUT2D eigenvalue weighted by molar-refractivity contribution is 6.01. The fourth-order valence-corrected chi connectivity index (χ4v) is 11.4. The van der Waals surface area contributed by atoms with Crippen LogP contribution < -0.4 is 4.90 Å². The van der Waals surface area contributed by atoms with Gasteiger partial charge in [0, 0.05) is 27.6 Å². The minimum atomic E-state index is -0.0942. The maximum atomic E-state index is 2.48. The van der Waals surface area contributed by atoms with Crippen molar-refractivity contribution in [2.45, 2.75) is 44.9 Å². The summed E-state index contributed by atoms with van der Waals surface area (Å²) >= 11 is 0. The number of hydrogen-bond donors (Lipinski definition) is 0. The van der Waals surface area contributed by atoms with Crippen molar-refractivity contribution in [3.63, 3.8) is 0 Å². The van der Waals surface area contributed by atoms with E-state index in [1.54, 1.807) is 0 Å². The molecule has 1 unspecified atom stereocenters. The van der Waals surface area contributed by atoms with Crippen LogP contribution in [0.1, 0.15) is 56.4 Å². The Morgan fingerprint density at radius 3 is 1.42 bits per heavy atom. The van der Waals surface area contributed by atoms with Crippen molar-refractivity contribution in [1.82, 2.24) is 0 Å². The highest BCUT2D eigenvalue weighted by Gasteiger charge is 2.38. The van der Waals surface area contributed by atoms with Crippen LogP contribution in [0, 0.1) is 0 Å². The Morgan fingerprint density at radius 2 is 0.803 bits per heavy atom. The fourth-order valence-electron chi connectivity index (χ4n) is 11.4. The van der Waals surface area contributed by atoms with Gasteiger partial charge in [0.15, 0.2) is 0 Å². The van der Waals surface area contributed by atoms with Crippen LogP contribution in [-0.4, -0.2) is 0 Å². The lowest BCUT2D eigenvalue weighted by molar-refractivity contribution is 0.565. The lowest BCUT2D eigenvalue weighted by Crippen LogP contribution is -2.19. The first-order chi connectivity index (χ1) is 32.3. The molecule has 0 saturated heterocycles. The quantitative estimate of drug-likeness (QED) is 0.147. The van der Waals surface area contributed by atoms with Gasteiger partial charge in [-0.05, 0) is 143 Å². The van der Waals surface area contributed by atoms with E-state index in [0.29, 0.717) is 0 Å². The Hall–Kier alpha value is -7.74. The summed E-state index contributed by atoms with van der Waals surface area (Å²) in [6, 6.07) is 83.7. The van der Waals surface area contributed by atoms with Crippen LogP contribution in [0.3, 0.4) is 0 Å². The van der Waals surface area contributed by atoms with Gasteiger partial charge in [-0.3, -0.25) is 0 Å². The van der Waals surface area contributed by atoms with Gasteiger partial charge in [-0.15, -0.1) is 0 Å². The minimum Gasteiger partial charge on any atom is -0.310 e. The van der Waals surface area contributed by atoms with Crippen LogP contribution in [0.25, 0.3) is 77.5 Å². The average molecular weight is 846 g/mol. The minimum absolute atomic E-state index is 0.0520. The summed E-state index contributed by atoms with van der Waals surface area (Å²) < 4.78 is 0. The third-order valence-corrected chi connectivity index (χ3v) is 15.0. The van der Waals surface area contributed by atoms with E-state index in [0.717, 1.165) is 23.5 Å². The van der Waals surface area contributed by atoms with Crippen molar-refractivity contribution in [3.8, 4) is 66.8 Å². The molecule has 316 valence electrons. The number of benzene rings is 10. The normalized spacial score (nSPS) is 15.2. The molecule has 0 N–H and O–H groups in total. The smallest absolute Gasteiger partial charge is 0.0540 e. The van der Waals surface area contributed by atoms with Gasteiger partial charge in [0.25, 0.3) is 0 Å². The first-order valence-electron chi connectivity index (χ1n) is 23.5. The molecule has 0 fully saturated rings. The van der Waals surface area contributed by atoms with Gasteiger partial charge < -0.3 is 4.90 Å². The van der Waals surface area contributed by atoms with E-state index in [4.69, 9.17) is 0 Å². The number of fused-ring (bicyclic) bond motifs is 7. The molecule has 0 heterocycles. The molecule has 2 aliphatic carbocycles. The Balaban J connectivity index is 1.06. The van der Waals surface area contributed by atoms with Gasteiger partial charge in [-0.2, -0.15) is 0 Å². The van der Waals surface area contributed by atoms with E-state index in [1.807, 2.05) is 0 Å². The SMILES string of the molecule is CCC1(C)c2ccccc2-c2ccc(-c3ccc(N(c4ccc(-c5ccc6c(c5)C(C)(C)c5ccccc5-6)c(-c5ccccc5)c4)c4cccc5ccccc45)cc3-c3ccccc3)cc21. The average Bonchev–Trinajstić information content (AvgIpc) is 3.77. The molecule has 10 aromatic carbocycles. The molecule has 10 aromatic rings. The summed E-state index contributed by atoms with van der Waals surface area (Å²) in [6.45, 7) is 9.48. The van der Waals surface area contributed by atoms with Crippen LogP contribution in [-0.2, 0) is 10.8 Å². The van der Waals surface area contributed by atoms with Crippen molar-refractivity contribution in [2.24, 2.45) is 0 Å². The summed E-state index contributed by atoms with van der Waals surface area (Å²) in [5.74, 6) is 0. The van der Waals surface area contributed by atoms with Gasteiger partial charge in [0.1, 0.15) is 0 Å². The molecule has 0 aromatic heterocycles. The van der Waals surface area contributed by atoms with Gasteiger partial charge >= 0.3 is 0 Å². The molecule has 12 rings (SSSR count). The second-order valence-electron chi connectivity index (χ2n) is 18.9. The second-order valence-corrected chi connectivity index (χ2v) is 18.9.